The first-order valence-corrected chi connectivity index (χ1v) is 15.2. The fourth-order valence-corrected chi connectivity index (χ4v) is 6.48. The van der Waals surface area contributed by atoms with Crippen LogP contribution in [0, 0.1) is 0 Å². The van der Waals surface area contributed by atoms with Crippen LogP contribution in [0.4, 0.5) is 23.7 Å². The zero-order valence-electron chi connectivity index (χ0n) is 25.1. The molecule has 0 unspecified atom stereocenters. The monoisotopic (exact) mass is 602 g/mol. The molecule has 9 nitrogen and oxygen atoms in total. The maximum atomic E-state index is 13.8. The number of anilines is 1. The minimum Gasteiger partial charge on any atom is -0.493 e. The third-order valence-electron chi connectivity index (χ3n) is 8.69. The molecule has 12 heteroatoms. The average molecular weight is 603 g/mol. The molecular weight excluding hydrogens is 561 g/mol. The number of pyridine rings is 1. The van der Waals surface area contributed by atoms with E-state index in [1.54, 1.807) is 0 Å². The Bertz CT molecular complexity index is 1310. The van der Waals surface area contributed by atoms with Crippen LogP contribution in [0.1, 0.15) is 50.0 Å². The zero-order valence-corrected chi connectivity index (χ0v) is 25.1. The van der Waals surface area contributed by atoms with Gasteiger partial charge >= 0.3 is 12.2 Å². The summed E-state index contributed by atoms with van der Waals surface area (Å²) in [6.07, 6.45) is -2.68. The van der Waals surface area contributed by atoms with E-state index < -0.39 is 18.2 Å². The molecule has 3 aliphatic heterocycles. The van der Waals surface area contributed by atoms with Crippen molar-refractivity contribution in [2.75, 3.05) is 57.8 Å². The number of halogens is 3. The average Bonchev–Trinajstić information content (AvgIpc) is 3.66. The molecule has 1 aromatic carbocycles. The van der Waals surface area contributed by atoms with Gasteiger partial charge in [0.05, 0.1) is 18.0 Å². The standard InChI is InChI=1S/C31H41F3N6O3/c1-4-22-20-38(30(42)40-15-8-11-27(40)31(32,33)34)17-18-39(22)25-13-12-24(23-9-6-7-10-26(23)43-5-2)36-28(25)29(41)35-21-14-16-37(3)19-21/h6-7,9-10,12-13,21-22,27H,4-5,8,11,14-20H2,1-3H3,(H,35,41)/t21-,22-,27+/m1/s1. The maximum Gasteiger partial charge on any atom is 0.408 e. The van der Waals surface area contributed by atoms with E-state index in [9.17, 15) is 22.8 Å². The largest absolute Gasteiger partial charge is 0.493 e. The highest BCUT2D eigenvalue weighted by Gasteiger charge is 2.49. The molecule has 4 heterocycles. The van der Waals surface area contributed by atoms with Gasteiger partial charge in [-0.2, -0.15) is 13.2 Å². The molecule has 0 saturated carbocycles. The van der Waals surface area contributed by atoms with Crippen LogP contribution in [0.15, 0.2) is 36.4 Å². The Morgan fingerprint density at radius 3 is 2.51 bits per heavy atom. The van der Waals surface area contributed by atoms with E-state index >= 15 is 0 Å². The summed E-state index contributed by atoms with van der Waals surface area (Å²) >= 11 is 0. The third-order valence-corrected chi connectivity index (χ3v) is 8.69. The van der Waals surface area contributed by atoms with Gasteiger partial charge in [-0.3, -0.25) is 4.79 Å². The Balaban J connectivity index is 1.43. The number of nitrogens with one attached hydrogen (secondary N) is 1. The molecule has 5 rings (SSSR count). The quantitative estimate of drug-likeness (QED) is 0.498. The van der Waals surface area contributed by atoms with Gasteiger partial charge in [-0.05, 0) is 70.5 Å². The van der Waals surface area contributed by atoms with Gasteiger partial charge in [0.2, 0.25) is 0 Å². The SMILES string of the molecule is CCOc1ccccc1-c1ccc(N2CCN(C(=O)N3CCC[C@H]3C(F)(F)F)C[C@H]2CC)c(C(=O)N[C@@H]2CCN(C)C2)n1. The molecule has 0 radical (unpaired) electrons. The Morgan fingerprint density at radius 1 is 1.02 bits per heavy atom. The predicted molar refractivity (Wildman–Crippen MR) is 158 cm³/mol. The summed E-state index contributed by atoms with van der Waals surface area (Å²) in [5, 5.41) is 3.16. The fraction of sp³-hybridized carbons (Fsp3) is 0.581. The number of para-hydroxylation sites is 1. The number of nitrogens with zero attached hydrogens (tertiary/aromatic N) is 5. The predicted octanol–water partition coefficient (Wildman–Crippen LogP) is 4.63. The van der Waals surface area contributed by atoms with Gasteiger partial charge in [-0.25, -0.2) is 9.78 Å². The summed E-state index contributed by atoms with van der Waals surface area (Å²) in [5.41, 5.74) is 2.32. The third kappa shape index (κ3) is 6.68. The summed E-state index contributed by atoms with van der Waals surface area (Å²) in [6.45, 7) is 7.02. The summed E-state index contributed by atoms with van der Waals surface area (Å²) in [7, 11) is 2.02. The summed E-state index contributed by atoms with van der Waals surface area (Å²) in [6, 6.07) is 8.83. The van der Waals surface area contributed by atoms with Crippen molar-refractivity contribution in [1.29, 1.82) is 0 Å². The lowest BCUT2D eigenvalue weighted by Gasteiger charge is -2.44. The number of rotatable bonds is 7. The second-order valence-electron chi connectivity index (χ2n) is 11.6. The molecule has 1 N–H and O–H groups in total. The molecule has 0 bridgehead atoms. The fourth-order valence-electron chi connectivity index (χ4n) is 6.48. The number of ether oxygens (including phenoxy) is 1. The summed E-state index contributed by atoms with van der Waals surface area (Å²) in [4.78, 5) is 38.7. The van der Waals surface area contributed by atoms with Gasteiger partial charge in [0.25, 0.3) is 5.91 Å². The second kappa shape index (κ2) is 13.0. The van der Waals surface area contributed by atoms with Crippen molar-refractivity contribution in [3.05, 3.63) is 42.1 Å². The van der Waals surface area contributed by atoms with Crippen LogP contribution in [0.25, 0.3) is 11.3 Å². The van der Waals surface area contributed by atoms with Crippen molar-refractivity contribution in [2.45, 2.75) is 63.8 Å². The molecule has 234 valence electrons. The maximum absolute atomic E-state index is 13.8. The molecule has 0 aliphatic carbocycles. The van der Waals surface area contributed by atoms with Crippen LogP contribution in [-0.2, 0) is 0 Å². The van der Waals surface area contributed by atoms with Gasteiger partial charge in [-0.1, -0.05) is 19.1 Å². The molecule has 1 aromatic heterocycles. The van der Waals surface area contributed by atoms with Crippen LogP contribution >= 0.6 is 0 Å². The Hall–Kier alpha value is -3.54. The first-order valence-electron chi connectivity index (χ1n) is 15.2. The Morgan fingerprint density at radius 2 is 1.81 bits per heavy atom. The number of likely N-dealkylation sites (tertiary alicyclic amines) is 2. The van der Waals surface area contributed by atoms with E-state index in [4.69, 9.17) is 9.72 Å². The number of carbonyl (C=O) groups excluding carboxylic acids is 2. The van der Waals surface area contributed by atoms with Crippen LogP contribution < -0.4 is 15.0 Å². The van der Waals surface area contributed by atoms with Crippen LogP contribution in [0.3, 0.4) is 0 Å². The highest BCUT2D eigenvalue weighted by atomic mass is 19.4. The molecule has 3 atom stereocenters. The number of likely N-dealkylation sites (N-methyl/N-ethyl adjacent to an activating group) is 1. The lowest BCUT2D eigenvalue weighted by molar-refractivity contribution is -0.170. The normalized spacial score (nSPS) is 23.1. The molecule has 3 aliphatic rings. The zero-order chi connectivity index (χ0) is 30.7. The van der Waals surface area contributed by atoms with Crippen LogP contribution in [-0.4, -0.2) is 109 Å². The van der Waals surface area contributed by atoms with Crippen molar-refractivity contribution < 1.29 is 27.5 Å². The molecule has 3 saturated heterocycles. The lowest BCUT2D eigenvalue weighted by atomic mass is 10.0. The minimum absolute atomic E-state index is 0.00463. The van der Waals surface area contributed by atoms with Gasteiger partial charge in [-0.15, -0.1) is 0 Å². The van der Waals surface area contributed by atoms with E-state index in [2.05, 4.69) is 15.1 Å². The van der Waals surface area contributed by atoms with E-state index in [1.807, 2.05) is 57.3 Å². The topological polar surface area (TPSA) is 81.2 Å². The number of amides is 3. The molecule has 3 amide bonds. The molecule has 2 aromatic rings. The van der Waals surface area contributed by atoms with E-state index in [-0.39, 0.29) is 49.7 Å². The van der Waals surface area contributed by atoms with Crippen molar-refractivity contribution >= 4 is 17.6 Å². The van der Waals surface area contributed by atoms with Gasteiger partial charge < -0.3 is 29.7 Å². The molecule has 0 spiro atoms. The summed E-state index contributed by atoms with van der Waals surface area (Å²) < 4.78 is 46.6. The lowest BCUT2D eigenvalue weighted by Crippen LogP contribution is -2.59. The number of hydrogen-bond acceptors (Lipinski definition) is 6. The van der Waals surface area contributed by atoms with E-state index in [0.29, 0.717) is 43.1 Å². The number of piperazine rings is 1. The molecule has 43 heavy (non-hydrogen) atoms. The number of carbonyl (C=O) groups is 2. The smallest absolute Gasteiger partial charge is 0.408 e. The van der Waals surface area contributed by atoms with Crippen molar-refractivity contribution in [1.82, 2.24) is 25.0 Å². The number of urea groups is 1. The highest BCUT2D eigenvalue weighted by molar-refractivity contribution is 5.99. The Labute approximate surface area is 251 Å². The van der Waals surface area contributed by atoms with Crippen molar-refractivity contribution in [2.24, 2.45) is 0 Å². The Kier molecular flexibility index (Phi) is 9.33. The number of alkyl halides is 3. The number of aromatic nitrogens is 1. The van der Waals surface area contributed by atoms with Gasteiger partial charge in [0.15, 0.2) is 5.69 Å². The first kappa shape index (κ1) is 30.9. The van der Waals surface area contributed by atoms with Gasteiger partial charge in [0, 0.05) is 50.4 Å². The summed E-state index contributed by atoms with van der Waals surface area (Å²) in [5.74, 6) is 0.399. The van der Waals surface area contributed by atoms with Crippen molar-refractivity contribution in [3.63, 3.8) is 0 Å². The molecular formula is C31H41F3N6O3. The number of benzene rings is 1. The highest BCUT2D eigenvalue weighted by Crippen LogP contribution is 2.35. The van der Waals surface area contributed by atoms with E-state index in [0.717, 1.165) is 30.0 Å². The van der Waals surface area contributed by atoms with Crippen LogP contribution in [0.2, 0.25) is 0 Å². The van der Waals surface area contributed by atoms with Crippen molar-refractivity contribution in [3.8, 4) is 17.0 Å². The molecule has 3 fully saturated rings. The van der Waals surface area contributed by atoms with Crippen LogP contribution in [0.5, 0.6) is 5.75 Å². The van der Waals surface area contributed by atoms with E-state index in [1.165, 1.54) is 4.90 Å². The number of hydrogen-bond donors (Lipinski definition) is 1. The minimum atomic E-state index is -4.44. The second-order valence-corrected chi connectivity index (χ2v) is 11.6. The first-order chi connectivity index (χ1) is 20.6. The van der Waals surface area contributed by atoms with Gasteiger partial charge in [0.1, 0.15) is 11.8 Å².